The Balaban J connectivity index is 2.11. The summed E-state index contributed by atoms with van der Waals surface area (Å²) in [5, 5.41) is 0. The molecule has 2 rings (SSSR count). The molecule has 0 aromatic heterocycles. The van der Waals surface area contributed by atoms with E-state index in [1.54, 1.807) is 24.3 Å². The van der Waals surface area contributed by atoms with Crippen molar-refractivity contribution >= 4 is 10.0 Å². The molecule has 1 aromatic rings. The van der Waals surface area contributed by atoms with E-state index < -0.39 is 22.8 Å². The Hall–Kier alpha value is -0.870. The predicted octanol–water partition coefficient (Wildman–Crippen LogP) is 2.42. The van der Waals surface area contributed by atoms with Crippen molar-refractivity contribution in [2.24, 2.45) is 5.92 Å². The highest BCUT2D eigenvalue weighted by Crippen LogP contribution is 2.23. The number of piperidine rings is 1. The SMILES string of the molecule is [2H]C([2H])([2H])C1CCN(S(=O)(=O)c2ccc(C)cc2)CC1. The number of sulfonamides is 1. The van der Waals surface area contributed by atoms with Crippen molar-refractivity contribution in [3.8, 4) is 0 Å². The van der Waals surface area contributed by atoms with E-state index in [0.717, 1.165) is 5.56 Å². The van der Waals surface area contributed by atoms with Gasteiger partial charge in [0.05, 0.1) is 4.90 Å². The third-order valence-corrected chi connectivity index (χ3v) is 5.03. The van der Waals surface area contributed by atoms with Crippen LogP contribution in [0.4, 0.5) is 0 Å². The second-order valence-corrected chi connectivity index (χ2v) is 6.43. The number of benzene rings is 1. The quantitative estimate of drug-likeness (QED) is 0.815. The van der Waals surface area contributed by atoms with Gasteiger partial charge in [-0.2, -0.15) is 4.31 Å². The molecule has 0 spiro atoms. The zero-order valence-electron chi connectivity index (χ0n) is 12.9. The van der Waals surface area contributed by atoms with Gasteiger partial charge < -0.3 is 0 Å². The molecule has 0 aliphatic carbocycles. The second-order valence-electron chi connectivity index (χ2n) is 4.49. The van der Waals surface area contributed by atoms with Crippen molar-refractivity contribution in [2.45, 2.75) is 31.5 Å². The Labute approximate surface area is 108 Å². The number of rotatable bonds is 2. The van der Waals surface area contributed by atoms with Crippen LogP contribution < -0.4 is 0 Å². The Kier molecular flexibility index (Phi) is 2.56. The summed E-state index contributed by atoms with van der Waals surface area (Å²) < 4.78 is 48.5. The molecule has 0 atom stereocenters. The van der Waals surface area contributed by atoms with Gasteiger partial charge in [0.2, 0.25) is 10.0 Å². The average molecular weight is 256 g/mol. The second kappa shape index (κ2) is 4.78. The fraction of sp³-hybridized carbons (Fsp3) is 0.538. The maximum Gasteiger partial charge on any atom is 0.243 e. The molecule has 3 nitrogen and oxygen atoms in total. The maximum atomic E-state index is 12.4. The number of hydrogen-bond acceptors (Lipinski definition) is 2. The molecule has 1 aromatic carbocycles. The highest BCUT2D eigenvalue weighted by molar-refractivity contribution is 7.89. The molecule has 4 heteroatoms. The van der Waals surface area contributed by atoms with E-state index in [1.165, 1.54) is 4.31 Å². The standard InChI is InChI=1S/C13H19NO2S/c1-11-3-5-13(6-4-11)17(15,16)14-9-7-12(2)8-10-14/h3-6,12H,7-10H2,1-2H3/i2D3. The van der Waals surface area contributed by atoms with Crippen LogP contribution in [0.2, 0.25) is 0 Å². The molecular formula is C13H19NO2S. The minimum atomic E-state index is -3.50. The van der Waals surface area contributed by atoms with Crippen molar-refractivity contribution < 1.29 is 12.5 Å². The van der Waals surface area contributed by atoms with Crippen molar-refractivity contribution in [2.75, 3.05) is 13.1 Å². The van der Waals surface area contributed by atoms with Crippen LogP contribution in [0.25, 0.3) is 0 Å². The maximum absolute atomic E-state index is 12.4. The van der Waals surface area contributed by atoms with E-state index in [1.807, 2.05) is 6.92 Å². The molecule has 1 fully saturated rings. The molecule has 94 valence electrons. The van der Waals surface area contributed by atoms with E-state index in [-0.39, 0.29) is 18.0 Å². The van der Waals surface area contributed by atoms with Crippen molar-refractivity contribution in [1.82, 2.24) is 4.31 Å². The van der Waals surface area contributed by atoms with Gasteiger partial charge in [-0.1, -0.05) is 24.5 Å². The average Bonchev–Trinajstić information content (AvgIpc) is 2.38. The molecular weight excluding hydrogens is 234 g/mol. The van der Waals surface area contributed by atoms with Crippen LogP contribution in [0, 0.1) is 12.8 Å². The third kappa shape index (κ3) is 2.69. The lowest BCUT2D eigenvalue weighted by molar-refractivity contribution is 0.288. The fourth-order valence-corrected chi connectivity index (χ4v) is 3.43. The molecule has 1 saturated heterocycles. The van der Waals surface area contributed by atoms with Crippen LogP contribution in [0.3, 0.4) is 0 Å². The molecule has 1 heterocycles. The van der Waals surface area contributed by atoms with Gasteiger partial charge in [0, 0.05) is 17.2 Å². The molecule has 0 unspecified atom stereocenters. The van der Waals surface area contributed by atoms with Crippen LogP contribution in [0.5, 0.6) is 0 Å². The smallest absolute Gasteiger partial charge is 0.207 e. The zero-order chi connectivity index (χ0) is 15.0. The van der Waals surface area contributed by atoms with E-state index in [4.69, 9.17) is 4.11 Å². The summed E-state index contributed by atoms with van der Waals surface area (Å²) >= 11 is 0. The normalized spacial score (nSPS) is 22.8. The van der Waals surface area contributed by atoms with Gasteiger partial charge in [-0.15, -0.1) is 0 Å². The van der Waals surface area contributed by atoms with Crippen LogP contribution in [0.15, 0.2) is 29.2 Å². The first kappa shape index (κ1) is 9.11. The lowest BCUT2D eigenvalue weighted by Crippen LogP contribution is -2.37. The Morgan fingerprint density at radius 2 is 1.82 bits per heavy atom. The van der Waals surface area contributed by atoms with Gasteiger partial charge in [-0.25, -0.2) is 8.42 Å². The molecule has 1 aliphatic rings. The van der Waals surface area contributed by atoms with Crippen LogP contribution >= 0.6 is 0 Å². The molecule has 0 N–H and O–H groups in total. The molecule has 1 aliphatic heterocycles. The van der Waals surface area contributed by atoms with Crippen LogP contribution in [-0.2, 0) is 10.0 Å². The minimum absolute atomic E-state index is 0.274. The van der Waals surface area contributed by atoms with Gasteiger partial charge >= 0.3 is 0 Å². The summed E-state index contributed by atoms with van der Waals surface area (Å²) in [5.74, 6) is -0.396. The summed E-state index contributed by atoms with van der Waals surface area (Å²) in [7, 11) is -3.50. The monoisotopic (exact) mass is 256 g/mol. The lowest BCUT2D eigenvalue weighted by atomic mass is 10.0. The molecule has 0 bridgehead atoms. The number of hydrogen-bond donors (Lipinski definition) is 0. The van der Waals surface area contributed by atoms with Crippen LogP contribution in [-0.4, -0.2) is 25.8 Å². The fourth-order valence-electron chi connectivity index (χ4n) is 1.96. The van der Waals surface area contributed by atoms with Gasteiger partial charge in [-0.3, -0.25) is 0 Å². The van der Waals surface area contributed by atoms with E-state index in [2.05, 4.69) is 0 Å². The summed E-state index contributed by atoms with van der Waals surface area (Å²) in [6.45, 7) is 0.469. The molecule has 0 saturated carbocycles. The largest absolute Gasteiger partial charge is 0.243 e. The Morgan fingerprint density at radius 3 is 2.35 bits per heavy atom. The number of nitrogens with zero attached hydrogens (tertiary/aromatic N) is 1. The molecule has 17 heavy (non-hydrogen) atoms. The highest BCUT2D eigenvalue weighted by Gasteiger charge is 2.27. The van der Waals surface area contributed by atoms with Gasteiger partial charge in [-0.05, 0) is 37.8 Å². The van der Waals surface area contributed by atoms with Crippen molar-refractivity contribution in [1.29, 1.82) is 0 Å². The van der Waals surface area contributed by atoms with Gasteiger partial charge in [0.25, 0.3) is 0 Å². The summed E-state index contributed by atoms with van der Waals surface area (Å²) in [6.07, 6.45) is 0.781. The van der Waals surface area contributed by atoms with E-state index in [0.29, 0.717) is 12.8 Å². The summed E-state index contributed by atoms with van der Waals surface area (Å²) in [6, 6.07) is 6.73. The van der Waals surface area contributed by atoms with Crippen molar-refractivity contribution in [3.63, 3.8) is 0 Å². The highest BCUT2D eigenvalue weighted by atomic mass is 32.2. The topological polar surface area (TPSA) is 37.4 Å². The molecule has 0 radical (unpaired) electrons. The minimum Gasteiger partial charge on any atom is -0.207 e. The van der Waals surface area contributed by atoms with Gasteiger partial charge in [0.15, 0.2) is 0 Å². The Bertz CT molecular complexity index is 558. The zero-order valence-corrected chi connectivity index (χ0v) is 10.7. The molecule has 0 amide bonds. The van der Waals surface area contributed by atoms with E-state index in [9.17, 15) is 8.42 Å². The third-order valence-electron chi connectivity index (χ3n) is 3.11. The first-order valence-corrected chi connectivity index (χ1v) is 7.22. The summed E-state index contributed by atoms with van der Waals surface area (Å²) in [4.78, 5) is 0.274. The first-order chi connectivity index (χ1) is 9.21. The van der Waals surface area contributed by atoms with Crippen molar-refractivity contribution in [3.05, 3.63) is 29.8 Å². The lowest BCUT2D eigenvalue weighted by Gasteiger charge is -2.29. The van der Waals surface area contributed by atoms with Crippen LogP contribution in [0.1, 0.15) is 29.4 Å². The number of aryl methyl sites for hydroxylation is 1. The Morgan fingerprint density at radius 1 is 1.24 bits per heavy atom. The predicted molar refractivity (Wildman–Crippen MR) is 68.3 cm³/mol. The van der Waals surface area contributed by atoms with E-state index >= 15 is 0 Å². The summed E-state index contributed by atoms with van der Waals surface area (Å²) in [5.41, 5.74) is 1.00. The van der Waals surface area contributed by atoms with Gasteiger partial charge in [0.1, 0.15) is 0 Å². The first-order valence-electron chi connectivity index (χ1n) is 7.28.